The Labute approximate surface area is 124 Å². The van der Waals surface area contributed by atoms with Crippen LogP contribution in [0.2, 0.25) is 0 Å². The van der Waals surface area contributed by atoms with E-state index in [0.29, 0.717) is 6.42 Å². The molecule has 1 aromatic heterocycles. The number of aryl methyl sites for hydroxylation is 2. The van der Waals surface area contributed by atoms with E-state index >= 15 is 0 Å². The van der Waals surface area contributed by atoms with Crippen molar-refractivity contribution in [3.63, 3.8) is 0 Å². The van der Waals surface area contributed by atoms with Crippen molar-refractivity contribution < 1.29 is 13.2 Å². The van der Waals surface area contributed by atoms with Crippen LogP contribution in [0.15, 0.2) is 41.4 Å². The fourth-order valence-electron chi connectivity index (χ4n) is 2.79. The summed E-state index contributed by atoms with van der Waals surface area (Å²) in [5.74, 6) is -0.0839. The van der Waals surface area contributed by atoms with Gasteiger partial charge in [-0.2, -0.15) is 0 Å². The van der Waals surface area contributed by atoms with Crippen LogP contribution in [0, 0.1) is 12.8 Å². The average Bonchev–Trinajstić information content (AvgIpc) is 2.91. The Hall–Kier alpha value is -1.88. The number of hydrogen-bond acceptors (Lipinski definition) is 3. The van der Waals surface area contributed by atoms with Crippen LogP contribution in [-0.2, 0) is 27.7 Å². The van der Waals surface area contributed by atoms with E-state index in [-0.39, 0.29) is 10.8 Å². The molecule has 3 rings (SSSR count). The van der Waals surface area contributed by atoms with E-state index < -0.39 is 10.0 Å². The molecule has 5 heteroatoms. The Kier molecular flexibility index (Phi) is 3.45. The minimum atomic E-state index is -3.58. The van der Waals surface area contributed by atoms with Crippen molar-refractivity contribution in [2.45, 2.75) is 31.1 Å². The van der Waals surface area contributed by atoms with Gasteiger partial charge in [0.1, 0.15) is 6.29 Å². The summed E-state index contributed by atoms with van der Waals surface area (Å²) in [5, 5.41) is 0. The molecule has 1 heterocycles. The highest BCUT2D eigenvalue weighted by Gasteiger charge is 2.26. The number of fused-ring (bicyclic) bond motifs is 1. The smallest absolute Gasteiger partial charge is 0.267 e. The van der Waals surface area contributed by atoms with Crippen molar-refractivity contribution in [3.8, 4) is 0 Å². The number of carbonyl (C=O) groups excluding carboxylic acids is 1. The van der Waals surface area contributed by atoms with Crippen LogP contribution >= 0.6 is 0 Å². The van der Waals surface area contributed by atoms with Gasteiger partial charge in [0.05, 0.1) is 4.90 Å². The fourth-order valence-corrected chi connectivity index (χ4v) is 4.20. The van der Waals surface area contributed by atoms with E-state index in [9.17, 15) is 13.2 Å². The number of rotatable bonds is 3. The van der Waals surface area contributed by atoms with E-state index in [2.05, 4.69) is 0 Å². The molecule has 0 saturated heterocycles. The lowest BCUT2D eigenvalue weighted by Gasteiger charge is -2.20. The summed E-state index contributed by atoms with van der Waals surface area (Å²) in [5.41, 5.74) is 2.80. The SMILES string of the molecule is Cc1ccc(S(=O)(=O)n2ccc3c2CC(C=O)CC3)cc1. The van der Waals surface area contributed by atoms with Crippen LogP contribution in [0.25, 0.3) is 0 Å². The van der Waals surface area contributed by atoms with Crippen LogP contribution in [0.1, 0.15) is 23.2 Å². The molecule has 0 bridgehead atoms. The van der Waals surface area contributed by atoms with Gasteiger partial charge in [0, 0.05) is 17.8 Å². The number of hydrogen-bond donors (Lipinski definition) is 0. The summed E-state index contributed by atoms with van der Waals surface area (Å²) in [6.45, 7) is 1.92. The van der Waals surface area contributed by atoms with Crippen molar-refractivity contribution in [1.82, 2.24) is 3.97 Å². The maximum atomic E-state index is 12.7. The maximum Gasteiger partial charge on any atom is 0.267 e. The van der Waals surface area contributed by atoms with E-state index in [4.69, 9.17) is 0 Å². The second kappa shape index (κ2) is 5.15. The largest absolute Gasteiger partial charge is 0.303 e. The lowest BCUT2D eigenvalue weighted by molar-refractivity contribution is -0.111. The minimum Gasteiger partial charge on any atom is -0.303 e. The lowest BCUT2D eigenvalue weighted by atomic mass is 9.89. The molecule has 0 amide bonds. The van der Waals surface area contributed by atoms with Gasteiger partial charge in [-0.05, 0) is 49.9 Å². The highest BCUT2D eigenvalue weighted by Crippen LogP contribution is 2.28. The second-order valence-corrected chi connectivity index (χ2v) is 7.36. The third-order valence-electron chi connectivity index (χ3n) is 4.06. The molecule has 0 aliphatic heterocycles. The fraction of sp³-hybridized carbons (Fsp3) is 0.312. The van der Waals surface area contributed by atoms with Gasteiger partial charge in [-0.3, -0.25) is 0 Å². The molecule has 1 aliphatic rings. The van der Waals surface area contributed by atoms with Crippen LogP contribution < -0.4 is 0 Å². The van der Waals surface area contributed by atoms with Gasteiger partial charge in [0.25, 0.3) is 10.0 Å². The Morgan fingerprint density at radius 2 is 1.90 bits per heavy atom. The molecule has 1 atom stereocenters. The Morgan fingerprint density at radius 1 is 1.19 bits per heavy atom. The number of carbonyl (C=O) groups is 1. The quantitative estimate of drug-likeness (QED) is 0.818. The third kappa shape index (κ3) is 2.42. The zero-order valence-electron chi connectivity index (χ0n) is 11.8. The number of nitrogens with zero attached hydrogens (tertiary/aromatic N) is 1. The third-order valence-corrected chi connectivity index (χ3v) is 5.79. The molecule has 0 spiro atoms. The molecular formula is C16H17NO3S. The normalized spacial score (nSPS) is 18.2. The number of aromatic nitrogens is 1. The Balaban J connectivity index is 2.06. The molecule has 1 aliphatic carbocycles. The van der Waals surface area contributed by atoms with E-state index in [1.165, 1.54) is 3.97 Å². The van der Waals surface area contributed by atoms with Crippen molar-refractivity contribution in [1.29, 1.82) is 0 Å². The highest BCUT2D eigenvalue weighted by molar-refractivity contribution is 7.90. The molecular weight excluding hydrogens is 286 g/mol. The summed E-state index contributed by atoms with van der Waals surface area (Å²) in [7, 11) is -3.58. The molecule has 0 fully saturated rings. The molecule has 1 unspecified atom stereocenters. The molecule has 0 N–H and O–H groups in total. The first-order valence-corrected chi connectivity index (χ1v) is 8.43. The van der Waals surface area contributed by atoms with Gasteiger partial charge in [-0.15, -0.1) is 0 Å². The molecule has 21 heavy (non-hydrogen) atoms. The minimum absolute atomic E-state index is 0.0839. The summed E-state index contributed by atoms with van der Waals surface area (Å²) < 4.78 is 26.8. The van der Waals surface area contributed by atoms with E-state index in [1.807, 2.05) is 13.0 Å². The molecule has 0 saturated carbocycles. The zero-order valence-corrected chi connectivity index (χ0v) is 12.6. The molecule has 110 valence electrons. The second-order valence-electron chi connectivity index (χ2n) is 5.54. The van der Waals surface area contributed by atoms with Crippen LogP contribution in [0.5, 0.6) is 0 Å². The van der Waals surface area contributed by atoms with E-state index in [1.54, 1.807) is 30.5 Å². The monoisotopic (exact) mass is 303 g/mol. The molecule has 0 radical (unpaired) electrons. The first-order valence-electron chi connectivity index (χ1n) is 6.99. The summed E-state index contributed by atoms with van der Waals surface area (Å²) in [6.07, 6.45) is 4.59. The van der Waals surface area contributed by atoms with Gasteiger partial charge in [0.15, 0.2) is 0 Å². The predicted molar refractivity (Wildman–Crippen MR) is 79.8 cm³/mol. The number of benzene rings is 1. The van der Waals surface area contributed by atoms with Crippen molar-refractivity contribution in [2.24, 2.45) is 5.92 Å². The van der Waals surface area contributed by atoms with Crippen LogP contribution in [0.4, 0.5) is 0 Å². The van der Waals surface area contributed by atoms with Crippen molar-refractivity contribution >= 4 is 16.3 Å². The van der Waals surface area contributed by atoms with Crippen LogP contribution in [-0.4, -0.2) is 18.7 Å². The maximum absolute atomic E-state index is 12.7. The summed E-state index contributed by atoms with van der Waals surface area (Å²) >= 11 is 0. The van der Waals surface area contributed by atoms with Gasteiger partial charge < -0.3 is 4.79 Å². The van der Waals surface area contributed by atoms with Crippen molar-refractivity contribution in [2.75, 3.05) is 0 Å². The molecule has 4 nitrogen and oxygen atoms in total. The predicted octanol–water partition coefficient (Wildman–Crippen LogP) is 2.34. The number of aldehydes is 1. The Morgan fingerprint density at radius 3 is 2.57 bits per heavy atom. The highest BCUT2D eigenvalue weighted by atomic mass is 32.2. The first-order chi connectivity index (χ1) is 10.0. The van der Waals surface area contributed by atoms with Gasteiger partial charge in [0.2, 0.25) is 0 Å². The molecule has 2 aromatic rings. The summed E-state index contributed by atoms with van der Waals surface area (Å²) in [4.78, 5) is 11.3. The lowest BCUT2D eigenvalue weighted by Crippen LogP contribution is -2.21. The van der Waals surface area contributed by atoms with Gasteiger partial charge in [-0.1, -0.05) is 17.7 Å². The topological polar surface area (TPSA) is 56.1 Å². The molecule has 1 aromatic carbocycles. The van der Waals surface area contributed by atoms with Crippen molar-refractivity contribution in [3.05, 3.63) is 53.3 Å². The first kappa shape index (κ1) is 14.1. The summed E-state index contributed by atoms with van der Waals surface area (Å²) in [6, 6.07) is 8.67. The average molecular weight is 303 g/mol. The zero-order chi connectivity index (χ0) is 15.0. The van der Waals surface area contributed by atoms with Gasteiger partial charge >= 0.3 is 0 Å². The van der Waals surface area contributed by atoms with Crippen LogP contribution in [0.3, 0.4) is 0 Å². The Bertz CT molecular complexity index is 772. The standard InChI is InChI=1S/C16H17NO3S/c1-12-2-6-15(7-3-12)21(19,20)17-9-8-14-5-4-13(11-18)10-16(14)17/h2-3,6-9,11,13H,4-5,10H2,1H3. The van der Waals surface area contributed by atoms with E-state index in [0.717, 1.165) is 35.9 Å². The van der Waals surface area contributed by atoms with Gasteiger partial charge in [-0.25, -0.2) is 12.4 Å².